The number of nitrogens with one attached hydrogen (secondary N) is 4. The molecule has 1 heterocycles. The van der Waals surface area contributed by atoms with Crippen molar-refractivity contribution in [1.29, 1.82) is 0 Å². The van der Waals surface area contributed by atoms with Crippen LogP contribution < -0.4 is 27.4 Å². The minimum absolute atomic E-state index is 0.00269. The predicted molar refractivity (Wildman–Crippen MR) is 159 cm³/mol. The third kappa shape index (κ3) is 9.94. The maximum atomic E-state index is 13.5. The van der Waals surface area contributed by atoms with E-state index in [1.807, 2.05) is 24.3 Å². The summed E-state index contributed by atoms with van der Waals surface area (Å²) in [4.78, 5) is 65.8. The van der Waals surface area contributed by atoms with Crippen LogP contribution >= 0.6 is 0 Å². The van der Waals surface area contributed by atoms with Gasteiger partial charge < -0.3 is 42.6 Å². The third-order valence-electron chi connectivity index (χ3n) is 6.94. The van der Waals surface area contributed by atoms with E-state index in [2.05, 4.69) is 20.9 Å². The number of rotatable bonds is 17. The van der Waals surface area contributed by atoms with E-state index in [0.717, 1.165) is 10.9 Å². The van der Waals surface area contributed by atoms with Gasteiger partial charge in [0.1, 0.15) is 18.1 Å². The second-order valence-electron chi connectivity index (χ2n) is 10.3. The Morgan fingerprint density at radius 1 is 0.767 bits per heavy atom. The fraction of sp³-hybridized carbons (Fsp3) is 0.367. The maximum Gasteiger partial charge on any atom is 0.326 e. The lowest BCUT2D eigenvalue weighted by Crippen LogP contribution is -2.58. The summed E-state index contributed by atoms with van der Waals surface area (Å²) in [5.74, 6) is -4.77. The van der Waals surface area contributed by atoms with Gasteiger partial charge in [-0.25, -0.2) is 4.79 Å². The fourth-order valence-corrected chi connectivity index (χ4v) is 4.65. The van der Waals surface area contributed by atoms with Crippen molar-refractivity contribution >= 4 is 40.6 Å². The third-order valence-corrected chi connectivity index (χ3v) is 6.94. The summed E-state index contributed by atoms with van der Waals surface area (Å²) in [6.07, 6.45) is 2.29. The molecule has 0 aliphatic rings. The highest BCUT2D eigenvalue weighted by Crippen LogP contribution is 2.19. The van der Waals surface area contributed by atoms with Gasteiger partial charge in [0.2, 0.25) is 17.7 Å². The summed E-state index contributed by atoms with van der Waals surface area (Å²) in [7, 11) is 0. The second-order valence-corrected chi connectivity index (χ2v) is 10.3. The fourth-order valence-electron chi connectivity index (χ4n) is 4.65. The zero-order valence-corrected chi connectivity index (χ0v) is 23.6. The van der Waals surface area contributed by atoms with Crippen LogP contribution in [0.2, 0.25) is 0 Å². The van der Waals surface area contributed by atoms with Crippen molar-refractivity contribution in [2.45, 2.75) is 62.7 Å². The Kier molecular flexibility index (Phi) is 12.2. The first kappa shape index (κ1) is 32.8. The number of hydrogen-bond acceptors (Lipinski definition) is 7. The number of aromatic nitrogens is 1. The van der Waals surface area contributed by atoms with Crippen molar-refractivity contribution in [1.82, 2.24) is 20.9 Å². The molecule has 3 aromatic rings. The number of amides is 3. The number of hydrogen-bond donors (Lipinski definition) is 8. The highest BCUT2D eigenvalue weighted by Gasteiger charge is 2.31. The lowest BCUT2D eigenvalue weighted by Gasteiger charge is -2.25. The van der Waals surface area contributed by atoms with Crippen LogP contribution in [0, 0.1) is 0 Å². The number of H-pyrrole nitrogens is 1. The number of carbonyl (C=O) groups is 5. The zero-order chi connectivity index (χ0) is 31.4. The standard InChI is InChI=1S/C30H38N6O7/c31-13-7-6-12-23(28(40)36-25(30(42)43)15-19-17-33-22-11-5-4-10-20(19)22)34-29(41)24(14-18-8-2-1-3-9-18)35-27(39)21(32)16-26(37)38/h1-5,8-11,17,21,23-25,33H,6-7,12-16,31-32H2,(H,34,41)(H,35,39)(H,36,40)(H,37,38)(H,42,43). The van der Waals surface area contributed by atoms with Gasteiger partial charge in [0.25, 0.3) is 0 Å². The van der Waals surface area contributed by atoms with Crippen molar-refractivity contribution in [2.75, 3.05) is 6.54 Å². The molecule has 4 unspecified atom stereocenters. The van der Waals surface area contributed by atoms with Crippen LogP contribution in [0.5, 0.6) is 0 Å². The summed E-state index contributed by atoms with van der Waals surface area (Å²) in [6, 6.07) is 11.2. The van der Waals surface area contributed by atoms with E-state index in [1.165, 1.54) is 0 Å². The van der Waals surface area contributed by atoms with Gasteiger partial charge in [-0.15, -0.1) is 0 Å². The van der Waals surface area contributed by atoms with Crippen LogP contribution in [-0.2, 0) is 36.8 Å². The Hall–Kier alpha value is -4.75. The van der Waals surface area contributed by atoms with Crippen molar-refractivity contribution < 1.29 is 34.2 Å². The largest absolute Gasteiger partial charge is 0.481 e. The Bertz CT molecular complexity index is 1410. The average Bonchev–Trinajstić information content (AvgIpc) is 3.38. The molecule has 0 radical (unpaired) electrons. The molecular formula is C30H38N6O7. The summed E-state index contributed by atoms with van der Waals surface area (Å²) < 4.78 is 0. The van der Waals surface area contributed by atoms with Crippen LogP contribution in [0.25, 0.3) is 10.9 Å². The first-order valence-corrected chi connectivity index (χ1v) is 14.0. The molecule has 3 amide bonds. The van der Waals surface area contributed by atoms with E-state index in [0.29, 0.717) is 30.5 Å². The van der Waals surface area contributed by atoms with Gasteiger partial charge in [0.15, 0.2) is 0 Å². The van der Waals surface area contributed by atoms with Crippen LogP contribution in [0.15, 0.2) is 60.8 Å². The summed E-state index contributed by atoms with van der Waals surface area (Å²) >= 11 is 0. The Morgan fingerprint density at radius 3 is 2.07 bits per heavy atom. The van der Waals surface area contributed by atoms with Crippen LogP contribution in [0.4, 0.5) is 0 Å². The number of para-hydroxylation sites is 1. The topological polar surface area (TPSA) is 230 Å². The number of benzene rings is 2. The van der Waals surface area contributed by atoms with Gasteiger partial charge >= 0.3 is 11.9 Å². The van der Waals surface area contributed by atoms with Crippen molar-refractivity contribution in [3.63, 3.8) is 0 Å². The predicted octanol–water partition coefficient (Wildman–Crippen LogP) is 0.423. The molecular weight excluding hydrogens is 556 g/mol. The summed E-state index contributed by atoms with van der Waals surface area (Å²) in [5, 5.41) is 27.4. The van der Waals surface area contributed by atoms with Gasteiger partial charge in [0.05, 0.1) is 12.5 Å². The number of aliphatic carboxylic acids is 2. The summed E-state index contributed by atoms with van der Waals surface area (Å²) in [5.41, 5.74) is 13.6. The van der Waals surface area contributed by atoms with Gasteiger partial charge in [0, 0.05) is 29.9 Å². The lowest BCUT2D eigenvalue weighted by molar-refractivity contribution is -0.142. The minimum Gasteiger partial charge on any atom is -0.481 e. The first-order chi connectivity index (χ1) is 20.6. The molecule has 2 aromatic carbocycles. The maximum absolute atomic E-state index is 13.5. The minimum atomic E-state index is -1.40. The Labute approximate surface area is 248 Å². The SMILES string of the molecule is NCCCCC(NC(=O)C(Cc1ccccc1)NC(=O)C(N)CC(=O)O)C(=O)NC(Cc1c[nH]c2ccccc12)C(=O)O. The number of carbonyl (C=O) groups excluding carboxylic acids is 3. The zero-order valence-electron chi connectivity index (χ0n) is 23.6. The second kappa shape index (κ2) is 16.0. The highest BCUT2D eigenvalue weighted by molar-refractivity contribution is 5.95. The molecule has 4 atom stereocenters. The molecule has 230 valence electrons. The molecule has 0 fully saturated rings. The normalized spacial score (nSPS) is 13.8. The van der Waals surface area contributed by atoms with E-state index >= 15 is 0 Å². The number of fused-ring (bicyclic) bond motifs is 1. The van der Waals surface area contributed by atoms with E-state index in [4.69, 9.17) is 16.6 Å². The number of unbranched alkanes of at least 4 members (excludes halogenated alkanes) is 1. The molecule has 0 spiro atoms. The highest BCUT2D eigenvalue weighted by atomic mass is 16.4. The molecule has 0 saturated heterocycles. The lowest BCUT2D eigenvalue weighted by atomic mass is 10.0. The Morgan fingerprint density at radius 2 is 1.40 bits per heavy atom. The van der Waals surface area contributed by atoms with E-state index < -0.39 is 60.2 Å². The smallest absolute Gasteiger partial charge is 0.326 e. The van der Waals surface area contributed by atoms with Crippen LogP contribution in [0.3, 0.4) is 0 Å². The molecule has 3 rings (SSSR count). The molecule has 0 aliphatic heterocycles. The van der Waals surface area contributed by atoms with Crippen molar-refractivity contribution in [3.8, 4) is 0 Å². The van der Waals surface area contributed by atoms with Gasteiger partial charge in [-0.05, 0) is 43.0 Å². The van der Waals surface area contributed by atoms with Crippen LogP contribution in [0.1, 0.15) is 36.8 Å². The number of carboxylic acid groups (broad SMARTS) is 2. The number of nitrogens with two attached hydrogens (primary N) is 2. The number of carboxylic acids is 2. The molecule has 43 heavy (non-hydrogen) atoms. The number of aromatic amines is 1. The van der Waals surface area contributed by atoms with Gasteiger partial charge in [-0.3, -0.25) is 19.2 Å². The molecule has 0 bridgehead atoms. The Balaban J connectivity index is 1.78. The van der Waals surface area contributed by atoms with Gasteiger partial charge in [-0.2, -0.15) is 0 Å². The van der Waals surface area contributed by atoms with E-state index in [1.54, 1.807) is 36.5 Å². The molecule has 10 N–H and O–H groups in total. The molecule has 13 nitrogen and oxygen atoms in total. The van der Waals surface area contributed by atoms with Crippen molar-refractivity contribution in [2.24, 2.45) is 11.5 Å². The van der Waals surface area contributed by atoms with Crippen molar-refractivity contribution in [3.05, 3.63) is 71.9 Å². The van der Waals surface area contributed by atoms with Gasteiger partial charge in [-0.1, -0.05) is 48.5 Å². The first-order valence-electron chi connectivity index (χ1n) is 14.0. The molecule has 0 aliphatic carbocycles. The quantitative estimate of drug-likeness (QED) is 0.101. The molecule has 13 heteroatoms. The van der Waals surface area contributed by atoms with E-state index in [-0.39, 0.29) is 19.3 Å². The summed E-state index contributed by atoms with van der Waals surface area (Å²) in [6.45, 7) is 0.356. The molecule has 1 aromatic heterocycles. The van der Waals surface area contributed by atoms with E-state index in [9.17, 15) is 29.1 Å². The van der Waals surface area contributed by atoms with Crippen LogP contribution in [-0.4, -0.2) is 75.6 Å². The average molecular weight is 595 g/mol. The molecule has 0 saturated carbocycles. The monoisotopic (exact) mass is 594 g/mol.